The molecule has 0 saturated carbocycles. The Balaban J connectivity index is 1.81. The Bertz CT molecular complexity index is 739. The number of anilines is 1. The van der Waals surface area contributed by atoms with Gasteiger partial charge in [-0.2, -0.15) is 5.10 Å². The first-order valence-electron chi connectivity index (χ1n) is 5.57. The van der Waals surface area contributed by atoms with Crippen LogP contribution >= 0.6 is 0 Å². The molecule has 4 rings (SSSR count). The molecule has 3 aromatic rings. The van der Waals surface area contributed by atoms with Gasteiger partial charge in [-0.25, -0.2) is 0 Å². The Kier molecular flexibility index (Phi) is 1.76. The van der Waals surface area contributed by atoms with E-state index in [-0.39, 0.29) is 6.04 Å². The summed E-state index contributed by atoms with van der Waals surface area (Å²) in [5.41, 5.74) is 2.23. The second-order valence-corrected chi connectivity index (χ2v) is 4.07. The van der Waals surface area contributed by atoms with Gasteiger partial charge in [0.1, 0.15) is 0 Å². The maximum Gasteiger partial charge on any atom is 0.266 e. The summed E-state index contributed by atoms with van der Waals surface area (Å²) in [6.45, 7) is 0. The summed E-state index contributed by atoms with van der Waals surface area (Å²) in [6.07, 6.45) is 3.77. The number of rotatable bonds is 1. The molecule has 0 aliphatic carbocycles. The SMILES string of the molecule is C1=Nn2nnnc2NC1c1c[nH]c2ccccc12. The maximum atomic E-state index is 4.18. The van der Waals surface area contributed by atoms with Crippen molar-refractivity contribution in [2.75, 3.05) is 5.32 Å². The molecule has 0 radical (unpaired) electrons. The average molecular weight is 239 g/mol. The number of aromatic amines is 1. The highest BCUT2D eigenvalue weighted by Crippen LogP contribution is 2.26. The van der Waals surface area contributed by atoms with Crippen LogP contribution in [0.25, 0.3) is 10.9 Å². The number of hydrogen-bond donors (Lipinski definition) is 2. The third kappa shape index (κ3) is 1.24. The third-order valence-electron chi connectivity index (χ3n) is 3.02. The predicted octanol–water partition coefficient (Wildman–Crippen LogP) is 1.16. The third-order valence-corrected chi connectivity index (χ3v) is 3.02. The Morgan fingerprint density at radius 1 is 1.22 bits per heavy atom. The summed E-state index contributed by atoms with van der Waals surface area (Å²) >= 11 is 0. The Hall–Kier alpha value is -2.70. The van der Waals surface area contributed by atoms with Crippen LogP contribution in [0, 0.1) is 0 Å². The Morgan fingerprint density at radius 3 is 3.17 bits per heavy atom. The molecule has 18 heavy (non-hydrogen) atoms. The monoisotopic (exact) mass is 239 g/mol. The number of para-hydroxylation sites is 1. The molecule has 1 aliphatic rings. The van der Waals surface area contributed by atoms with Crippen LogP contribution in [0.4, 0.5) is 5.95 Å². The highest BCUT2D eigenvalue weighted by atomic mass is 15.7. The molecule has 88 valence electrons. The molecule has 2 aromatic heterocycles. The van der Waals surface area contributed by atoms with E-state index in [2.05, 4.69) is 37.0 Å². The van der Waals surface area contributed by atoms with Crippen LogP contribution in [0.2, 0.25) is 0 Å². The normalized spacial score (nSPS) is 17.7. The highest BCUT2D eigenvalue weighted by molar-refractivity contribution is 5.88. The number of H-pyrrole nitrogens is 1. The van der Waals surface area contributed by atoms with Crippen LogP contribution in [-0.4, -0.2) is 31.5 Å². The molecule has 3 heterocycles. The van der Waals surface area contributed by atoms with Crippen molar-refractivity contribution in [3.8, 4) is 0 Å². The Labute approximate surface area is 102 Å². The van der Waals surface area contributed by atoms with Gasteiger partial charge in [-0.05, 0) is 16.5 Å². The van der Waals surface area contributed by atoms with Crippen LogP contribution < -0.4 is 5.32 Å². The van der Waals surface area contributed by atoms with Gasteiger partial charge in [0.05, 0.1) is 12.3 Å². The minimum Gasteiger partial charge on any atom is -0.361 e. The molecule has 0 spiro atoms. The molecule has 7 nitrogen and oxygen atoms in total. The lowest BCUT2D eigenvalue weighted by molar-refractivity contribution is 0.679. The van der Waals surface area contributed by atoms with Crippen molar-refractivity contribution in [1.29, 1.82) is 0 Å². The van der Waals surface area contributed by atoms with Crippen molar-refractivity contribution in [1.82, 2.24) is 25.3 Å². The molecule has 1 aliphatic heterocycles. The topological polar surface area (TPSA) is 83.8 Å². The fourth-order valence-electron chi connectivity index (χ4n) is 2.16. The lowest BCUT2D eigenvalue weighted by atomic mass is 10.1. The molecule has 0 bridgehead atoms. The Morgan fingerprint density at radius 2 is 2.17 bits per heavy atom. The van der Waals surface area contributed by atoms with Gasteiger partial charge in [0, 0.05) is 22.7 Å². The molecular weight excluding hydrogens is 230 g/mol. The van der Waals surface area contributed by atoms with Crippen LogP contribution in [0.1, 0.15) is 11.6 Å². The number of hydrogen-bond acceptors (Lipinski definition) is 5. The quantitative estimate of drug-likeness (QED) is 0.667. The number of nitrogens with zero attached hydrogens (tertiary/aromatic N) is 5. The molecule has 0 fully saturated rings. The molecular formula is C11H9N7. The van der Waals surface area contributed by atoms with Gasteiger partial charge in [-0.1, -0.05) is 28.1 Å². The average Bonchev–Trinajstić information content (AvgIpc) is 3.04. The van der Waals surface area contributed by atoms with E-state index in [1.165, 1.54) is 10.2 Å². The highest BCUT2D eigenvalue weighted by Gasteiger charge is 2.20. The fraction of sp³-hybridized carbons (Fsp3) is 0.0909. The van der Waals surface area contributed by atoms with Gasteiger partial charge < -0.3 is 10.3 Å². The second kappa shape index (κ2) is 3.39. The van der Waals surface area contributed by atoms with Crippen molar-refractivity contribution in [3.63, 3.8) is 0 Å². The van der Waals surface area contributed by atoms with Crippen LogP contribution in [0.5, 0.6) is 0 Å². The first kappa shape index (κ1) is 9.34. The van der Waals surface area contributed by atoms with Crippen LogP contribution in [0.3, 0.4) is 0 Å². The van der Waals surface area contributed by atoms with Gasteiger partial charge in [0.15, 0.2) is 0 Å². The number of tetrazole rings is 1. The van der Waals surface area contributed by atoms with Crippen molar-refractivity contribution >= 4 is 23.1 Å². The van der Waals surface area contributed by atoms with E-state index >= 15 is 0 Å². The largest absolute Gasteiger partial charge is 0.361 e. The van der Waals surface area contributed by atoms with Gasteiger partial charge in [0.2, 0.25) is 0 Å². The summed E-state index contributed by atoms with van der Waals surface area (Å²) in [7, 11) is 0. The fourth-order valence-corrected chi connectivity index (χ4v) is 2.16. The summed E-state index contributed by atoms with van der Waals surface area (Å²) in [5.74, 6) is 0.549. The van der Waals surface area contributed by atoms with Crippen molar-refractivity contribution < 1.29 is 0 Å². The zero-order valence-electron chi connectivity index (χ0n) is 9.28. The van der Waals surface area contributed by atoms with Crippen LogP contribution in [0.15, 0.2) is 35.6 Å². The summed E-state index contributed by atoms with van der Waals surface area (Å²) in [6, 6.07) is 8.12. The van der Waals surface area contributed by atoms with E-state index in [1.807, 2.05) is 24.4 Å². The smallest absolute Gasteiger partial charge is 0.266 e. The predicted molar refractivity (Wildman–Crippen MR) is 66.4 cm³/mol. The zero-order chi connectivity index (χ0) is 11.9. The summed E-state index contributed by atoms with van der Waals surface area (Å²) in [4.78, 5) is 4.61. The molecule has 0 saturated heterocycles. The van der Waals surface area contributed by atoms with Crippen molar-refractivity contribution in [2.24, 2.45) is 5.10 Å². The molecule has 1 unspecified atom stereocenters. The molecule has 0 amide bonds. The first-order chi connectivity index (χ1) is 8.92. The van der Waals surface area contributed by atoms with Gasteiger partial charge in [-0.3, -0.25) is 0 Å². The lowest BCUT2D eigenvalue weighted by Crippen LogP contribution is -2.19. The summed E-state index contributed by atoms with van der Waals surface area (Å²) in [5, 5.41) is 19.7. The van der Waals surface area contributed by atoms with E-state index in [0.717, 1.165) is 11.1 Å². The molecule has 7 heteroatoms. The maximum absolute atomic E-state index is 4.18. The number of fused-ring (bicyclic) bond motifs is 2. The molecule has 2 N–H and O–H groups in total. The van der Waals surface area contributed by atoms with Gasteiger partial charge in [0.25, 0.3) is 5.95 Å². The lowest BCUT2D eigenvalue weighted by Gasteiger charge is -2.16. The van der Waals surface area contributed by atoms with E-state index < -0.39 is 0 Å². The van der Waals surface area contributed by atoms with Gasteiger partial charge >= 0.3 is 0 Å². The number of aromatic nitrogens is 5. The minimum atomic E-state index is -0.0281. The van der Waals surface area contributed by atoms with Crippen molar-refractivity contribution in [2.45, 2.75) is 6.04 Å². The first-order valence-corrected chi connectivity index (χ1v) is 5.57. The molecule has 1 aromatic carbocycles. The zero-order valence-corrected chi connectivity index (χ0v) is 9.28. The second-order valence-electron chi connectivity index (χ2n) is 4.07. The number of benzene rings is 1. The standard InChI is InChI=1S/C11H9N7/c1-2-4-9-7(3-1)8(5-12-9)10-6-13-18-11(14-10)15-16-17-18/h1-6,10,12H,(H,14,15,17). The minimum absolute atomic E-state index is 0.0281. The van der Waals surface area contributed by atoms with E-state index in [9.17, 15) is 0 Å². The van der Waals surface area contributed by atoms with Crippen LogP contribution in [-0.2, 0) is 0 Å². The van der Waals surface area contributed by atoms with E-state index in [4.69, 9.17) is 0 Å². The number of nitrogens with one attached hydrogen (secondary N) is 2. The summed E-state index contributed by atoms with van der Waals surface area (Å²) < 4.78 is 0. The molecule has 1 atom stereocenters. The van der Waals surface area contributed by atoms with E-state index in [0.29, 0.717) is 5.95 Å². The van der Waals surface area contributed by atoms with Gasteiger partial charge in [-0.15, -0.1) is 0 Å². The van der Waals surface area contributed by atoms with Crippen molar-refractivity contribution in [3.05, 3.63) is 36.0 Å². The van der Waals surface area contributed by atoms with E-state index in [1.54, 1.807) is 6.21 Å².